The summed E-state index contributed by atoms with van der Waals surface area (Å²) < 4.78 is 42.0. The number of benzene rings is 2. The summed E-state index contributed by atoms with van der Waals surface area (Å²) in [6.45, 7) is 5.14. The van der Waals surface area contributed by atoms with Crippen LogP contribution in [0.2, 0.25) is 0 Å². The first-order chi connectivity index (χ1) is 16.5. The minimum absolute atomic E-state index is 0.0225. The van der Waals surface area contributed by atoms with Gasteiger partial charge in [-0.1, -0.05) is 30.3 Å². The van der Waals surface area contributed by atoms with Crippen LogP contribution in [0, 0.1) is 0 Å². The summed E-state index contributed by atoms with van der Waals surface area (Å²) in [4.78, 5) is 24.3. The first-order valence-electron chi connectivity index (χ1n) is 10.8. The first kappa shape index (κ1) is 25.8. The topological polar surface area (TPSA) is 132 Å². The molecule has 0 fully saturated rings. The van der Waals surface area contributed by atoms with Crippen LogP contribution < -0.4 is 10.1 Å². The fourth-order valence-electron chi connectivity index (χ4n) is 3.31. The van der Waals surface area contributed by atoms with E-state index < -0.39 is 33.3 Å². The van der Waals surface area contributed by atoms with Gasteiger partial charge in [0.05, 0.1) is 29.7 Å². The Balaban J connectivity index is 1.92. The van der Waals surface area contributed by atoms with E-state index in [1.165, 1.54) is 30.7 Å². The van der Waals surface area contributed by atoms with Crippen molar-refractivity contribution in [2.45, 2.75) is 37.0 Å². The first-order valence-corrected chi connectivity index (χ1v) is 12.4. The highest BCUT2D eigenvalue weighted by Gasteiger charge is 2.26. The maximum Gasteiger partial charge on any atom is 0.407 e. The summed E-state index contributed by atoms with van der Waals surface area (Å²) in [6, 6.07) is 12.5. The smallest absolute Gasteiger partial charge is 0.407 e. The van der Waals surface area contributed by atoms with Gasteiger partial charge in [-0.25, -0.2) is 18.0 Å². The van der Waals surface area contributed by atoms with E-state index in [2.05, 4.69) is 5.32 Å². The zero-order chi connectivity index (χ0) is 25.6. The minimum atomic E-state index is -3.82. The van der Waals surface area contributed by atoms with Gasteiger partial charge in [0.15, 0.2) is 9.84 Å². The van der Waals surface area contributed by atoms with Crippen molar-refractivity contribution < 1.29 is 37.0 Å². The molecule has 1 heterocycles. The molecule has 0 bridgehead atoms. The van der Waals surface area contributed by atoms with Crippen LogP contribution in [0.1, 0.15) is 36.7 Å². The number of carboxylic acid groups (broad SMARTS) is 1. The van der Waals surface area contributed by atoms with E-state index in [-0.39, 0.29) is 34.9 Å². The van der Waals surface area contributed by atoms with Gasteiger partial charge in [0.25, 0.3) is 0 Å². The van der Waals surface area contributed by atoms with Gasteiger partial charge in [0.2, 0.25) is 0 Å². The number of hydrogen-bond acceptors (Lipinski definition) is 7. The summed E-state index contributed by atoms with van der Waals surface area (Å²) in [5.74, 6) is -1.90. The Hall–Kier alpha value is -3.79. The molecular weight excluding hydrogens is 474 g/mol. The largest absolute Gasteiger partial charge is 0.490 e. The second-order valence-corrected chi connectivity index (χ2v) is 10.6. The maximum atomic E-state index is 12.9. The molecule has 0 saturated heterocycles. The highest BCUT2D eigenvalue weighted by atomic mass is 32.2. The SMILES string of the molecule is CC(C)(C)OC(=O)NCCOc1c(-c2ccoc2)ccc(CS(=O)(=O)c2ccccc2)c1C(=O)O. The van der Waals surface area contributed by atoms with Crippen LogP contribution in [0.3, 0.4) is 0 Å². The molecule has 0 saturated carbocycles. The number of alkyl carbamates (subject to hydrolysis) is 1. The van der Waals surface area contributed by atoms with Gasteiger partial charge in [-0.3, -0.25) is 0 Å². The molecule has 0 spiro atoms. The van der Waals surface area contributed by atoms with Crippen LogP contribution in [-0.4, -0.2) is 44.3 Å². The van der Waals surface area contributed by atoms with Crippen molar-refractivity contribution in [2.24, 2.45) is 0 Å². The van der Waals surface area contributed by atoms with Gasteiger partial charge < -0.3 is 24.3 Å². The third kappa shape index (κ3) is 6.86. The monoisotopic (exact) mass is 501 g/mol. The molecule has 0 unspecified atom stereocenters. The number of ether oxygens (including phenoxy) is 2. The molecule has 1 aromatic heterocycles. The quantitative estimate of drug-likeness (QED) is 0.409. The Morgan fingerprint density at radius 1 is 1.06 bits per heavy atom. The predicted molar refractivity (Wildman–Crippen MR) is 128 cm³/mol. The van der Waals surface area contributed by atoms with E-state index in [4.69, 9.17) is 13.9 Å². The molecule has 10 heteroatoms. The lowest BCUT2D eigenvalue weighted by atomic mass is 9.99. The number of amides is 1. The summed E-state index contributed by atoms with van der Waals surface area (Å²) in [5, 5.41) is 12.6. The molecule has 2 N–H and O–H groups in total. The van der Waals surface area contributed by atoms with E-state index >= 15 is 0 Å². The highest BCUT2D eigenvalue weighted by molar-refractivity contribution is 7.90. The fraction of sp³-hybridized carbons (Fsp3) is 0.280. The fourth-order valence-corrected chi connectivity index (χ4v) is 4.70. The zero-order valence-electron chi connectivity index (χ0n) is 19.6. The van der Waals surface area contributed by atoms with Crippen LogP contribution in [0.4, 0.5) is 4.79 Å². The Bertz CT molecular complexity index is 1280. The van der Waals surface area contributed by atoms with Gasteiger partial charge in [0.1, 0.15) is 23.5 Å². The van der Waals surface area contributed by atoms with Crippen molar-refractivity contribution in [3.05, 3.63) is 72.2 Å². The average molecular weight is 502 g/mol. The number of sulfone groups is 1. The number of carbonyl (C=O) groups is 2. The third-order valence-electron chi connectivity index (χ3n) is 4.75. The van der Waals surface area contributed by atoms with E-state index in [0.717, 1.165) is 0 Å². The number of nitrogens with one attached hydrogen (secondary N) is 1. The number of carbonyl (C=O) groups excluding carboxylic acids is 1. The van der Waals surface area contributed by atoms with E-state index in [1.54, 1.807) is 51.1 Å². The van der Waals surface area contributed by atoms with Crippen molar-refractivity contribution in [1.29, 1.82) is 0 Å². The second-order valence-electron chi connectivity index (χ2n) is 8.64. The lowest BCUT2D eigenvalue weighted by molar-refractivity contribution is 0.0518. The molecule has 3 rings (SSSR count). The lowest BCUT2D eigenvalue weighted by Gasteiger charge is -2.20. The van der Waals surface area contributed by atoms with Crippen molar-refractivity contribution in [3.63, 3.8) is 0 Å². The van der Waals surface area contributed by atoms with Crippen molar-refractivity contribution in [2.75, 3.05) is 13.2 Å². The summed E-state index contributed by atoms with van der Waals surface area (Å²) in [5.41, 5.74) is 0.0903. The number of rotatable bonds is 9. The molecule has 9 nitrogen and oxygen atoms in total. The van der Waals surface area contributed by atoms with Crippen LogP contribution in [0.5, 0.6) is 5.75 Å². The summed E-state index contributed by atoms with van der Waals surface area (Å²) >= 11 is 0. The molecule has 3 aromatic rings. The molecule has 0 radical (unpaired) electrons. The summed E-state index contributed by atoms with van der Waals surface area (Å²) in [7, 11) is -3.82. The van der Waals surface area contributed by atoms with Crippen LogP contribution in [-0.2, 0) is 20.3 Å². The van der Waals surface area contributed by atoms with Gasteiger partial charge in [-0.2, -0.15) is 0 Å². The summed E-state index contributed by atoms with van der Waals surface area (Å²) in [6.07, 6.45) is 2.21. The molecule has 35 heavy (non-hydrogen) atoms. The Morgan fingerprint density at radius 2 is 1.77 bits per heavy atom. The van der Waals surface area contributed by atoms with Crippen LogP contribution in [0.15, 0.2) is 70.4 Å². The van der Waals surface area contributed by atoms with E-state index in [9.17, 15) is 23.1 Å². The third-order valence-corrected chi connectivity index (χ3v) is 6.44. The number of carboxylic acids is 1. The van der Waals surface area contributed by atoms with Gasteiger partial charge in [-0.15, -0.1) is 0 Å². The van der Waals surface area contributed by atoms with Crippen molar-refractivity contribution >= 4 is 21.9 Å². The standard InChI is InChI=1S/C25H27NO8S/c1-25(2,3)34-24(29)26-12-14-33-22-20(17-11-13-32-15-17)10-9-18(21(22)23(27)28)16-35(30,31)19-7-5-4-6-8-19/h4-11,13,15H,12,14,16H2,1-3H3,(H,26,29)(H,27,28). The normalized spacial score (nSPS) is 11.6. The molecular formula is C25H27NO8S. The molecule has 0 aliphatic carbocycles. The van der Waals surface area contributed by atoms with Crippen molar-refractivity contribution in [3.8, 4) is 16.9 Å². The van der Waals surface area contributed by atoms with Crippen LogP contribution >= 0.6 is 0 Å². The molecule has 186 valence electrons. The zero-order valence-corrected chi connectivity index (χ0v) is 20.4. The van der Waals surface area contributed by atoms with Crippen LogP contribution in [0.25, 0.3) is 11.1 Å². The molecule has 1 amide bonds. The minimum Gasteiger partial charge on any atom is -0.490 e. The van der Waals surface area contributed by atoms with E-state index in [1.807, 2.05) is 0 Å². The van der Waals surface area contributed by atoms with Gasteiger partial charge >= 0.3 is 12.1 Å². The lowest BCUT2D eigenvalue weighted by Crippen LogP contribution is -2.34. The number of hydrogen-bond donors (Lipinski definition) is 2. The average Bonchev–Trinajstić information content (AvgIpc) is 3.30. The molecule has 0 atom stereocenters. The Kier molecular flexibility index (Phi) is 7.85. The Morgan fingerprint density at radius 3 is 2.37 bits per heavy atom. The second kappa shape index (κ2) is 10.6. The highest BCUT2D eigenvalue weighted by Crippen LogP contribution is 2.37. The Labute approximate surface area is 203 Å². The van der Waals surface area contributed by atoms with Crippen molar-refractivity contribution in [1.82, 2.24) is 5.32 Å². The van der Waals surface area contributed by atoms with Gasteiger partial charge in [-0.05, 0) is 44.5 Å². The molecule has 0 aliphatic rings. The molecule has 0 aliphatic heterocycles. The predicted octanol–water partition coefficient (Wildman–Crippen LogP) is 4.52. The van der Waals surface area contributed by atoms with Gasteiger partial charge in [0, 0.05) is 11.1 Å². The maximum absolute atomic E-state index is 12.9. The molecule has 2 aromatic carbocycles. The number of aromatic carboxylic acids is 1. The number of furan rings is 1. The van der Waals surface area contributed by atoms with E-state index in [0.29, 0.717) is 11.1 Å².